The predicted octanol–water partition coefficient (Wildman–Crippen LogP) is 2.98. The lowest BCUT2D eigenvalue weighted by molar-refractivity contribution is -0.129. The summed E-state index contributed by atoms with van der Waals surface area (Å²) >= 11 is 6.05. The van der Waals surface area contributed by atoms with E-state index in [-0.39, 0.29) is 6.04 Å². The third-order valence-electron chi connectivity index (χ3n) is 2.76. The maximum atomic E-state index is 12.1. The maximum Gasteiger partial charge on any atom is 0.245 e. The van der Waals surface area contributed by atoms with Crippen molar-refractivity contribution in [2.45, 2.75) is 26.8 Å². The molecule has 0 saturated carbocycles. The summed E-state index contributed by atoms with van der Waals surface area (Å²) in [6, 6.07) is 8.69. The molecule has 110 valence electrons. The van der Waals surface area contributed by atoms with Crippen molar-refractivity contribution >= 4 is 28.9 Å². The fourth-order valence-corrected chi connectivity index (χ4v) is 2.06. The fourth-order valence-electron chi connectivity index (χ4n) is 1.77. The molecule has 1 N–H and O–H groups in total. The van der Waals surface area contributed by atoms with Crippen LogP contribution in [0, 0.1) is 17.2 Å². The van der Waals surface area contributed by atoms with Crippen LogP contribution in [0.1, 0.15) is 26.3 Å². The summed E-state index contributed by atoms with van der Waals surface area (Å²) in [5.41, 5.74) is 1.32. The van der Waals surface area contributed by atoms with Crippen LogP contribution in [-0.2, 0) is 9.59 Å². The first-order chi connectivity index (χ1) is 9.86. The summed E-state index contributed by atoms with van der Waals surface area (Å²) in [5, 5.41) is 12.1. The second-order valence-corrected chi connectivity index (χ2v) is 5.34. The lowest BCUT2D eigenvalue weighted by atomic mass is 9.99. The predicted molar refractivity (Wildman–Crippen MR) is 82.5 cm³/mol. The number of hydrogen-bond acceptors (Lipinski definition) is 3. The molecule has 4 nitrogen and oxygen atoms in total. The first kappa shape index (κ1) is 16.9. The zero-order chi connectivity index (χ0) is 16.0. The van der Waals surface area contributed by atoms with Gasteiger partial charge in [0, 0.05) is 11.1 Å². The van der Waals surface area contributed by atoms with Gasteiger partial charge in [0.05, 0.1) is 6.07 Å². The van der Waals surface area contributed by atoms with Gasteiger partial charge in [0.25, 0.3) is 0 Å². The van der Waals surface area contributed by atoms with Crippen molar-refractivity contribution < 1.29 is 9.59 Å². The van der Waals surface area contributed by atoms with E-state index in [2.05, 4.69) is 5.32 Å². The number of hydrogen-bond donors (Lipinski definition) is 1. The Balaban J connectivity index is 2.97. The SMILES string of the molecule is C/C(=C\C(=O)C(C#N)C(=O)NC(C)C)c1ccccc1Cl. The molecule has 1 rings (SSSR count). The molecule has 0 spiro atoms. The van der Waals surface area contributed by atoms with E-state index in [4.69, 9.17) is 16.9 Å². The molecule has 0 radical (unpaired) electrons. The smallest absolute Gasteiger partial charge is 0.245 e. The zero-order valence-electron chi connectivity index (χ0n) is 12.2. The number of rotatable bonds is 5. The molecule has 0 aromatic heterocycles. The highest BCUT2D eigenvalue weighted by Crippen LogP contribution is 2.23. The number of carbonyl (C=O) groups excluding carboxylic acids is 2. The molecule has 0 fully saturated rings. The summed E-state index contributed by atoms with van der Waals surface area (Å²) < 4.78 is 0. The van der Waals surface area contributed by atoms with Crippen LogP contribution in [0.25, 0.3) is 5.57 Å². The summed E-state index contributed by atoms with van der Waals surface area (Å²) in [6.45, 7) is 5.25. The van der Waals surface area contributed by atoms with Crippen molar-refractivity contribution in [3.63, 3.8) is 0 Å². The number of nitriles is 1. The number of allylic oxidation sites excluding steroid dienone is 2. The average Bonchev–Trinajstić information content (AvgIpc) is 2.38. The summed E-state index contributed by atoms with van der Waals surface area (Å²) in [4.78, 5) is 23.9. The van der Waals surface area contributed by atoms with Crippen LogP contribution in [-0.4, -0.2) is 17.7 Å². The molecule has 1 atom stereocenters. The molecule has 21 heavy (non-hydrogen) atoms. The third kappa shape index (κ3) is 4.73. The van der Waals surface area contributed by atoms with E-state index in [9.17, 15) is 9.59 Å². The first-order valence-electron chi connectivity index (χ1n) is 6.53. The Morgan fingerprint density at radius 2 is 1.95 bits per heavy atom. The van der Waals surface area contributed by atoms with Crippen molar-refractivity contribution in [2.75, 3.05) is 0 Å². The molecule has 0 heterocycles. The highest BCUT2D eigenvalue weighted by molar-refractivity contribution is 6.32. The van der Waals surface area contributed by atoms with E-state index >= 15 is 0 Å². The van der Waals surface area contributed by atoms with Gasteiger partial charge in [-0.3, -0.25) is 9.59 Å². The molecule has 1 aromatic rings. The summed E-state index contributed by atoms with van der Waals surface area (Å²) in [5.74, 6) is -2.47. The lowest BCUT2D eigenvalue weighted by Gasteiger charge is -2.11. The molecule has 0 bridgehead atoms. The topological polar surface area (TPSA) is 70.0 Å². The van der Waals surface area contributed by atoms with Gasteiger partial charge in [0.2, 0.25) is 5.91 Å². The van der Waals surface area contributed by atoms with E-state index in [1.165, 1.54) is 6.08 Å². The molecule has 5 heteroatoms. The van der Waals surface area contributed by atoms with Gasteiger partial charge >= 0.3 is 0 Å². The van der Waals surface area contributed by atoms with Crippen molar-refractivity contribution in [2.24, 2.45) is 5.92 Å². The normalized spacial score (nSPS) is 12.7. The second-order valence-electron chi connectivity index (χ2n) is 4.93. The maximum absolute atomic E-state index is 12.1. The van der Waals surface area contributed by atoms with Crippen molar-refractivity contribution in [3.8, 4) is 6.07 Å². The molecule has 0 aliphatic heterocycles. The van der Waals surface area contributed by atoms with Crippen LogP contribution < -0.4 is 5.32 Å². The number of nitrogens with zero attached hydrogens (tertiary/aromatic N) is 1. The van der Waals surface area contributed by atoms with E-state index in [1.54, 1.807) is 51.1 Å². The zero-order valence-corrected chi connectivity index (χ0v) is 12.9. The molecule has 0 aliphatic carbocycles. The molecular formula is C16H17ClN2O2. The molecule has 0 saturated heterocycles. The van der Waals surface area contributed by atoms with Gasteiger partial charge in [0.1, 0.15) is 0 Å². The molecule has 1 unspecified atom stereocenters. The largest absolute Gasteiger partial charge is 0.352 e. The van der Waals surface area contributed by atoms with Gasteiger partial charge in [-0.25, -0.2) is 0 Å². The van der Waals surface area contributed by atoms with Gasteiger partial charge in [-0.2, -0.15) is 5.26 Å². The van der Waals surface area contributed by atoms with Crippen LogP contribution in [0.4, 0.5) is 0 Å². The van der Waals surface area contributed by atoms with Crippen LogP contribution in [0.2, 0.25) is 5.02 Å². The Labute approximate surface area is 129 Å². The minimum Gasteiger partial charge on any atom is -0.352 e. The Morgan fingerprint density at radius 1 is 1.33 bits per heavy atom. The fraction of sp³-hybridized carbons (Fsp3) is 0.312. The van der Waals surface area contributed by atoms with Crippen molar-refractivity contribution in [1.29, 1.82) is 5.26 Å². The van der Waals surface area contributed by atoms with Crippen LogP contribution in [0.5, 0.6) is 0 Å². The van der Waals surface area contributed by atoms with E-state index in [0.29, 0.717) is 16.2 Å². The number of carbonyl (C=O) groups is 2. The molecular weight excluding hydrogens is 288 g/mol. The van der Waals surface area contributed by atoms with Crippen molar-refractivity contribution in [1.82, 2.24) is 5.32 Å². The highest BCUT2D eigenvalue weighted by Gasteiger charge is 2.25. The number of ketones is 1. The number of benzene rings is 1. The second kappa shape index (κ2) is 7.61. The highest BCUT2D eigenvalue weighted by atomic mass is 35.5. The van der Waals surface area contributed by atoms with Crippen LogP contribution in [0.3, 0.4) is 0 Å². The monoisotopic (exact) mass is 304 g/mol. The summed E-state index contributed by atoms with van der Waals surface area (Å²) in [7, 11) is 0. The minimum atomic E-state index is -1.34. The van der Waals surface area contributed by atoms with Crippen LogP contribution in [0.15, 0.2) is 30.3 Å². The number of nitrogens with one attached hydrogen (secondary N) is 1. The van der Waals surface area contributed by atoms with Gasteiger partial charge in [-0.05, 0) is 44.1 Å². The molecule has 1 amide bonds. The Kier molecular flexibility index (Phi) is 6.13. The Hall–Kier alpha value is -2.12. The number of amides is 1. The van der Waals surface area contributed by atoms with Gasteiger partial charge in [-0.15, -0.1) is 0 Å². The molecule has 0 aliphatic rings. The quantitative estimate of drug-likeness (QED) is 0.671. The van der Waals surface area contributed by atoms with Gasteiger partial charge in [-0.1, -0.05) is 29.8 Å². The lowest BCUT2D eigenvalue weighted by Crippen LogP contribution is -2.38. The van der Waals surface area contributed by atoms with Crippen LogP contribution >= 0.6 is 11.6 Å². The van der Waals surface area contributed by atoms with E-state index < -0.39 is 17.6 Å². The standard InChI is InChI=1S/C16H17ClN2O2/c1-10(2)19-16(21)13(9-18)15(20)8-11(3)12-6-4-5-7-14(12)17/h4-8,10,13H,1-3H3,(H,19,21)/b11-8+. The third-order valence-corrected chi connectivity index (χ3v) is 3.09. The van der Waals surface area contributed by atoms with Crippen molar-refractivity contribution in [3.05, 3.63) is 40.9 Å². The average molecular weight is 305 g/mol. The first-order valence-corrected chi connectivity index (χ1v) is 6.91. The summed E-state index contributed by atoms with van der Waals surface area (Å²) in [6.07, 6.45) is 1.29. The minimum absolute atomic E-state index is 0.130. The number of halogens is 1. The Bertz CT molecular complexity index is 615. The van der Waals surface area contributed by atoms with Gasteiger partial charge < -0.3 is 5.32 Å². The molecule has 1 aromatic carbocycles. The van der Waals surface area contributed by atoms with E-state index in [0.717, 1.165) is 0 Å². The van der Waals surface area contributed by atoms with Gasteiger partial charge in [0.15, 0.2) is 11.7 Å². The van der Waals surface area contributed by atoms with E-state index in [1.807, 2.05) is 0 Å². The Morgan fingerprint density at radius 3 is 2.48 bits per heavy atom.